The van der Waals surface area contributed by atoms with Gasteiger partial charge in [0, 0.05) is 17.9 Å². The molecule has 0 radical (unpaired) electrons. The van der Waals surface area contributed by atoms with Crippen molar-refractivity contribution in [3.05, 3.63) is 71.6 Å². The van der Waals surface area contributed by atoms with Crippen LogP contribution in [0.2, 0.25) is 0 Å². The third-order valence-corrected chi connectivity index (χ3v) is 6.55. The number of nitrogens with one attached hydrogen (secondary N) is 2. The number of hydrogen-bond acceptors (Lipinski definition) is 5. The van der Waals surface area contributed by atoms with E-state index < -0.39 is 10.0 Å². The third-order valence-electron chi connectivity index (χ3n) is 3.77. The van der Waals surface area contributed by atoms with Crippen LogP contribution in [0.5, 0.6) is 5.75 Å². The Morgan fingerprint density at radius 3 is 2.46 bits per heavy atom. The zero-order chi connectivity index (χ0) is 18.4. The predicted molar refractivity (Wildman–Crippen MR) is 107 cm³/mol. The largest absolute Gasteiger partial charge is 0.497 e. The summed E-state index contributed by atoms with van der Waals surface area (Å²) in [6.07, 6.45) is 0.865. The maximum Gasteiger partial charge on any atom is 0.271 e. The maximum absolute atomic E-state index is 12.2. The molecule has 3 rings (SSSR count). The van der Waals surface area contributed by atoms with Gasteiger partial charge in [-0.1, -0.05) is 18.2 Å². The molecule has 2 N–H and O–H groups in total. The van der Waals surface area contributed by atoms with Crippen molar-refractivity contribution in [3.63, 3.8) is 0 Å². The lowest BCUT2D eigenvalue weighted by molar-refractivity contribution is 0.414. The van der Waals surface area contributed by atoms with Crippen LogP contribution in [0, 0.1) is 0 Å². The minimum atomic E-state index is -3.51. The van der Waals surface area contributed by atoms with E-state index in [9.17, 15) is 8.42 Å². The maximum atomic E-state index is 12.2. The van der Waals surface area contributed by atoms with Gasteiger partial charge in [-0.05, 0) is 59.8 Å². The molecule has 0 bridgehead atoms. The summed E-state index contributed by atoms with van der Waals surface area (Å²) >= 11 is 1.19. The molecule has 5 nitrogen and oxygen atoms in total. The van der Waals surface area contributed by atoms with Gasteiger partial charge in [0.05, 0.1) is 7.11 Å². The number of hydrogen-bond donors (Lipinski definition) is 2. The van der Waals surface area contributed by atoms with E-state index in [2.05, 4.69) is 16.1 Å². The summed E-state index contributed by atoms with van der Waals surface area (Å²) < 4.78 is 32.5. The Morgan fingerprint density at radius 1 is 1.00 bits per heavy atom. The molecule has 0 aliphatic heterocycles. The van der Waals surface area contributed by atoms with E-state index in [4.69, 9.17) is 4.74 Å². The van der Waals surface area contributed by atoms with Gasteiger partial charge in [0.25, 0.3) is 10.0 Å². The van der Waals surface area contributed by atoms with Crippen LogP contribution in [0.3, 0.4) is 0 Å². The molecule has 0 spiro atoms. The van der Waals surface area contributed by atoms with E-state index in [0.29, 0.717) is 9.90 Å². The molecule has 0 aliphatic rings. The highest BCUT2D eigenvalue weighted by Crippen LogP contribution is 2.21. The van der Waals surface area contributed by atoms with Crippen LogP contribution in [-0.2, 0) is 16.4 Å². The van der Waals surface area contributed by atoms with Gasteiger partial charge in [0.1, 0.15) is 9.96 Å². The van der Waals surface area contributed by atoms with Crippen LogP contribution in [0.15, 0.2) is 70.3 Å². The van der Waals surface area contributed by atoms with Crippen molar-refractivity contribution in [2.24, 2.45) is 0 Å². The smallest absolute Gasteiger partial charge is 0.271 e. The van der Waals surface area contributed by atoms with Gasteiger partial charge in [-0.3, -0.25) is 4.72 Å². The SMILES string of the molecule is COc1cccc(CCNc2ccc(NS(=O)(=O)c3cccs3)cc2)c1. The standard InChI is InChI=1S/C19H20N2O3S2/c1-24-18-5-2-4-15(14-18)11-12-20-16-7-9-17(10-8-16)21-26(22,23)19-6-3-13-25-19/h2-10,13-14,20-21H,11-12H2,1H3. The molecule has 0 amide bonds. The van der Waals surface area contributed by atoms with E-state index in [1.807, 2.05) is 30.3 Å². The average Bonchev–Trinajstić information content (AvgIpc) is 3.19. The molecule has 1 heterocycles. The summed E-state index contributed by atoms with van der Waals surface area (Å²) in [5.74, 6) is 0.852. The molecular formula is C19H20N2O3S2. The Labute approximate surface area is 157 Å². The highest BCUT2D eigenvalue weighted by Gasteiger charge is 2.14. The van der Waals surface area contributed by atoms with Crippen molar-refractivity contribution < 1.29 is 13.2 Å². The van der Waals surface area contributed by atoms with Gasteiger partial charge in [-0.25, -0.2) is 8.42 Å². The molecular weight excluding hydrogens is 368 g/mol. The zero-order valence-electron chi connectivity index (χ0n) is 14.3. The Kier molecular flexibility index (Phi) is 5.80. The Morgan fingerprint density at radius 2 is 1.77 bits per heavy atom. The first kappa shape index (κ1) is 18.3. The number of rotatable bonds is 8. The van der Waals surface area contributed by atoms with Crippen LogP contribution in [0.25, 0.3) is 0 Å². The minimum absolute atomic E-state index is 0.304. The Balaban J connectivity index is 1.54. The van der Waals surface area contributed by atoms with Gasteiger partial charge in [-0.2, -0.15) is 0 Å². The second kappa shape index (κ2) is 8.25. The van der Waals surface area contributed by atoms with Gasteiger partial charge < -0.3 is 10.1 Å². The molecule has 136 valence electrons. The second-order valence-corrected chi connectivity index (χ2v) is 8.50. The fourth-order valence-electron chi connectivity index (χ4n) is 2.46. The summed E-state index contributed by atoms with van der Waals surface area (Å²) in [6, 6.07) is 18.5. The molecule has 0 atom stereocenters. The molecule has 26 heavy (non-hydrogen) atoms. The normalized spacial score (nSPS) is 11.1. The molecule has 1 aromatic heterocycles. The van der Waals surface area contributed by atoms with E-state index in [1.54, 1.807) is 36.8 Å². The lowest BCUT2D eigenvalue weighted by atomic mass is 10.1. The van der Waals surface area contributed by atoms with E-state index >= 15 is 0 Å². The zero-order valence-corrected chi connectivity index (χ0v) is 15.9. The van der Waals surface area contributed by atoms with Crippen LogP contribution in [-0.4, -0.2) is 22.1 Å². The Bertz CT molecular complexity index is 937. The lowest BCUT2D eigenvalue weighted by Crippen LogP contribution is -2.11. The van der Waals surface area contributed by atoms with Crippen molar-refractivity contribution in [1.29, 1.82) is 0 Å². The number of anilines is 2. The van der Waals surface area contributed by atoms with Gasteiger partial charge in [-0.15, -0.1) is 11.3 Å². The van der Waals surface area contributed by atoms with Crippen molar-refractivity contribution >= 4 is 32.7 Å². The van der Waals surface area contributed by atoms with Gasteiger partial charge in [0.15, 0.2) is 0 Å². The lowest BCUT2D eigenvalue weighted by Gasteiger charge is -2.10. The molecule has 0 saturated carbocycles. The second-order valence-electron chi connectivity index (χ2n) is 5.64. The number of benzene rings is 2. The van der Waals surface area contributed by atoms with Gasteiger partial charge >= 0.3 is 0 Å². The van der Waals surface area contributed by atoms with Crippen LogP contribution < -0.4 is 14.8 Å². The third kappa shape index (κ3) is 4.77. The summed E-state index contributed by atoms with van der Waals surface area (Å²) in [4.78, 5) is 0. The first-order valence-corrected chi connectivity index (χ1v) is 10.5. The fourth-order valence-corrected chi connectivity index (χ4v) is 4.51. The quantitative estimate of drug-likeness (QED) is 0.606. The first-order chi connectivity index (χ1) is 12.6. The topological polar surface area (TPSA) is 67.4 Å². The highest BCUT2D eigenvalue weighted by molar-refractivity contribution is 7.94. The van der Waals surface area contributed by atoms with E-state index in [0.717, 1.165) is 24.4 Å². The van der Waals surface area contributed by atoms with E-state index in [-0.39, 0.29) is 0 Å². The molecule has 2 aromatic carbocycles. The fraction of sp³-hybridized carbons (Fsp3) is 0.158. The van der Waals surface area contributed by atoms with Crippen molar-refractivity contribution in [2.75, 3.05) is 23.7 Å². The number of sulfonamides is 1. The molecule has 0 aliphatic carbocycles. The molecule has 0 unspecified atom stereocenters. The molecule has 0 saturated heterocycles. The van der Waals surface area contributed by atoms with Crippen molar-refractivity contribution in [1.82, 2.24) is 0 Å². The highest BCUT2D eigenvalue weighted by atomic mass is 32.2. The number of methoxy groups -OCH3 is 1. The van der Waals surface area contributed by atoms with Gasteiger partial charge in [0.2, 0.25) is 0 Å². The molecule has 0 fully saturated rings. The van der Waals surface area contributed by atoms with Crippen molar-refractivity contribution in [2.45, 2.75) is 10.6 Å². The summed E-state index contributed by atoms with van der Waals surface area (Å²) in [6.45, 7) is 0.771. The van der Waals surface area contributed by atoms with Crippen LogP contribution >= 0.6 is 11.3 Å². The summed E-state index contributed by atoms with van der Waals surface area (Å²) in [7, 11) is -1.85. The number of ether oxygens (including phenoxy) is 1. The van der Waals surface area contributed by atoms with Crippen LogP contribution in [0.1, 0.15) is 5.56 Å². The van der Waals surface area contributed by atoms with Crippen LogP contribution in [0.4, 0.5) is 11.4 Å². The average molecular weight is 389 g/mol. The van der Waals surface area contributed by atoms with Crippen molar-refractivity contribution in [3.8, 4) is 5.75 Å². The number of thiophene rings is 1. The minimum Gasteiger partial charge on any atom is -0.497 e. The summed E-state index contributed by atoms with van der Waals surface area (Å²) in [5.41, 5.74) is 2.67. The molecule has 7 heteroatoms. The monoisotopic (exact) mass is 388 g/mol. The van der Waals surface area contributed by atoms with E-state index in [1.165, 1.54) is 16.9 Å². The predicted octanol–water partition coefficient (Wildman–Crippen LogP) is 4.21. The molecule has 3 aromatic rings. The summed E-state index contributed by atoms with van der Waals surface area (Å²) in [5, 5.41) is 5.07. The Hall–Kier alpha value is -2.51. The first-order valence-electron chi connectivity index (χ1n) is 8.10.